The van der Waals surface area contributed by atoms with Crippen LogP contribution in [0.15, 0.2) is 212 Å². The SMILES string of the molecule is Cc1ccc(C2(c3ccc(OCc4ccc(C(CC(C)C)C(C)C)cc4)cc3)c3ccccc3-c3ccc(N(c4ccc(-c5ccccc5)cc4)c4ccc5c(c4)C(C)(C)c4ccccc4-5)cc32)cc1. The summed E-state index contributed by atoms with van der Waals surface area (Å²) in [7, 11) is 0. The van der Waals surface area contributed by atoms with E-state index < -0.39 is 5.41 Å². The van der Waals surface area contributed by atoms with Gasteiger partial charge >= 0.3 is 0 Å². The van der Waals surface area contributed by atoms with Gasteiger partial charge in [-0.25, -0.2) is 0 Å². The van der Waals surface area contributed by atoms with Gasteiger partial charge in [0.25, 0.3) is 0 Å². The average molecular weight is 910 g/mol. The van der Waals surface area contributed by atoms with Gasteiger partial charge in [0, 0.05) is 22.5 Å². The van der Waals surface area contributed by atoms with Gasteiger partial charge in [0.05, 0.1) is 5.41 Å². The summed E-state index contributed by atoms with van der Waals surface area (Å²) >= 11 is 0. The van der Waals surface area contributed by atoms with Crippen LogP contribution >= 0.6 is 0 Å². The van der Waals surface area contributed by atoms with Gasteiger partial charge in [-0.05, 0) is 158 Å². The molecule has 2 atom stereocenters. The van der Waals surface area contributed by atoms with Gasteiger partial charge in [-0.2, -0.15) is 0 Å². The van der Waals surface area contributed by atoms with E-state index in [1.165, 1.54) is 89.9 Å². The van der Waals surface area contributed by atoms with Crippen molar-refractivity contribution >= 4 is 17.1 Å². The molecule has 70 heavy (non-hydrogen) atoms. The molecule has 2 nitrogen and oxygen atoms in total. The molecule has 2 heteroatoms. The quantitative estimate of drug-likeness (QED) is 0.114. The van der Waals surface area contributed by atoms with E-state index in [1.54, 1.807) is 0 Å². The van der Waals surface area contributed by atoms with E-state index in [0.717, 1.165) is 22.8 Å². The van der Waals surface area contributed by atoms with Crippen LogP contribution in [0.2, 0.25) is 0 Å². The van der Waals surface area contributed by atoms with Gasteiger partial charge in [-0.3, -0.25) is 0 Å². The van der Waals surface area contributed by atoms with Crippen LogP contribution in [0.5, 0.6) is 5.75 Å². The van der Waals surface area contributed by atoms with Gasteiger partial charge < -0.3 is 9.64 Å². The van der Waals surface area contributed by atoms with Crippen LogP contribution in [-0.2, 0) is 17.4 Å². The summed E-state index contributed by atoms with van der Waals surface area (Å²) in [5.41, 5.74) is 21.7. The third-order valence-electron chi connectivity index (χ3n) is 15.5. The molecule has 346 valence electrons. The van der Waals surface area contributed by atoms with E-state index in [2.05, 4.69) is 266 Å². The molecule has 0 amide bonds. The van der Waals surface area contributed by atoms with Gasteiger partial charge in [-0.15, -0.1) is 0 Å². The van der Waals surface area contributed by atoms with Crippen molar-refractivity contribution < 1.29 is 4.74 Å². The normalized spacial score (nSPS) is 15.6. The maximum absolute atomic E-state index is 6.56. The highest BCUT2D eigenvalue weighted by atomic mass is 16.5. The number of ether oxygens (including phenoxy) is 1. The topological polar surface area (TPSA) is 12.5 Å². The van der Waals surface area contributed by atoms with Gasteiger partial charge in [0.15, 0.2) is 0 Å². The number of hydrogen-bond acceptors (Lipinski definition) is 2. The van der Waals surface area contributed by atoms with Gasteiger partial charge in [-0.1, -0.05) is 211 Å². The highest BCUT2D eigenvalue weighted by molar-refractivity contribution is 5.91. The molecule has 0 radical (unpaired) electrons. The molecule has 0 heterocycles. The molecule has 2 aliphatic rings. The van der Waals surface area contributed by atoms with Crippen LogP contribution in [0.3, 0.4) is 0 Å². The Morgan fingerprint density at radius 1 is 0.457 bits per heavy atom. The summed E-state index contributed by atoms with van der Waals surface area (Å²) in [5, 5.41) is 0. The zero-order valence-electron chi connectivity index (χ0n) is 41.7. The summed E-state index contributed by atoms with van der Waals surface area (Å²) in [4.78, 5) is 2.47. The molecule has 0 saturated heterocycles. The number of hydrogen-bond donors (Lipinski definition) is 0. The molecule has 0 aliphatic heterocycles. The summed E-state index contributed by atoms with van der Waals surface area (Å²) in [6.07, 6.45) is 1.20. The minimum absolute atomic E-state index is 0.143. The van der Waals surface area contributed by atoms with Crippen molar-refractivity contribution in [2.75, 3.05) is 4.90 Å². The standard InChI is InChI=1S/C68H63NO/c1-45(2)41-62(46(3)4)51-25-23-48(24-26-51)44-70-57-37-31-53(32-38-57)68(52-29-21-47(5)22-30-52)64-20-14-12-18-59(64)61-40-36-56(43-66(61)68)69(54-33-27-50(28-34-54)49-15-9-8-10-16-49)55-35-39-60-58-17-11-13-19-63(58)67(6,7)65(60)42-55/h8-40,42-43,45-46,62H,41,44H2,1-7H3. The van der Waals surface area contributed by atoms with Crippen molar-refractivity contribution in [1.29, 1.82) is 0 Å². The Kier molecular flexibility index (Phi) is 11.7. The molecule has 0 N–H and O–H groups in total. The van der Waals surface area contributed by atoms with Crippen LogP contribution in [0, 0.1) is 18.8 Å². The first-order valence-corrected chi connectivity index (χ1v) is 25.3. The first-order valence-electron chi connectivity index (χ1n) is 25.3. The Labute approximate surface area is 416 Å². The third kappa shape index (κ3) is 7.84. The average Bonchev–Trinajstić information content (AvgIpc) is 3.81. The minimum Gasteiger partial charge on any atom is -0.489 e. The van der Waals surface area contributed by atoms with Crippen molar-refractivity contribution in [3.63, 3.8) is 0 Å². The zero-order valence-corrected chi connectivity index (χ0v) is 41.7. The van der Waals surface area contributed by atoms with Gasteiger partial charge in [0.2, 0.25) is 0 Å². The Morgan fingerprint density at radius 3 is 1.60 bits per heavy atom. The van der Waals surface area contributed by atoms with Crippen molar-refractivity contribution in [2.24, 2.45) is 11.8 Å². The maximum atomic E-state index is 6.56. The lowest BCUT2D eigenvalue weighted by atomic mass is 9.67. The highest BCUT2D eigenvalue weighted by Crippen LogP contribution is 2.58. The van der Waals surface area contributed by atoms with Crippen LogP contribution in [0.1, 0.15) is 104 Å². The van der Waals surface area contributed by atoms with E-state index in [-0.39, 0.29) is 5.41 Å². The van der Waals surface area contributed by atoms with Crippen LogP contribution in [0.25, 0.3) is 33.4 Å². The van der Waals surface area contributed by atoms with E-state index in [1.807, 2.05) is 0 Å². The molecular weight excluding hydrogens is 847 g/mol. The second kappa shape index (κ2) is 18.2. The molecule has 9 aromatic rings. The lowest BCUT2D eigenvalue weighted by Crippen LogP contribution is -2.29. The first-order chi connectivity index (χ1) is 34.0. The molecule has 2 aliphatic carbocycles. The van der Waals surface area contributed by atoms with Crippen molar-refractivity contribution in [1.82, 2.24) is 0 Å². The molecule has 0 spiro atoms. The third-order valence-corrected chi connectivity index (χ3v) is 15.5. The second-order valence-corrected chi connectivity index (χ2v) is 21.1. The van der Waals surface area contributed by atoms with Crippen LogP contribution in [-0.4, -0.2) is 0 Å². The molecule has 2 unspecified atom stereocenters. The maximum Gasteiger partial charge on any atom is 0.119 e. The number of fused-ring (bicyclic) bond motifs is 6. The Bertz CT molecular complexity index is 3310. The Hall–Kier alpha value is -7.42. The predicted molar refractivity (Wildman–Crippen MR) is 294 cm³/mol. The van der Waals surface area contributed by atoms with E-state index in [0.29, 0.717) is 24.4 Å². The largest absolute Gasteiger partial charge is 0.489 e. The molecule has 9 aromatic carbocycles. The molecular formula is C68H63NO. The van der Waals surface area contributed by atoms with Crippen molar-refractivity contribution in [3.05, 3.63) is 262 Å². The summed E-state index contributed by atoms with van der Waals surface area (Å²) < 4.78 is 6.56. The second-order valence-electron chi connectivity index (χ2n) is 21.1. The fourth-order valence-electron chi connectivity index (χ4n) is 11.8. The highest BCUT2D eigenvalue weighted by Gasteiger charge is 2.46. The number of nitrogens with zero attached hydrogens (tertiary/aromatic N) is 1. The predicted octanol–water partition coefficient (Wildman–Crippen LogP) is 18.2. The van der Waals surface area contributed by atoms with E-state index >= 15 is 0 Å². The summed E-state index contributed by atoms with van der Waals surface area (Å²) in [6.45, 7) is 16.8. The lowest BCUT2D eigenvalue weighted by Gasteiger charge is -2.35. The van der Waals surface area contributed by atoms with E-state index in [9.17, 15) is 0 Å². The monoisotopic (exact) mass is 909 g/mol. The molecule has 0 aromatic heterocycles. The number of rotatable bonds is 13. The lowest BCUT2D eigenvalue weighted by molar-refractivity contribution is 0.306. The fourth-order valence-corrected chi connectivity index (χ4v) is 11.8. The zero-order chi connectivity index (χ0) is 48.1. The van der Waals surface area contributed by atoms with Crippen LogP contribution in [0.4, 0.5) is 17.1 Å². The molecule has 0 bridgehead atoms. The first kappa shape index (κ1) is 45.0. The van der Waals surface area contributed by atoms with Crippen LogP contribution < -0.4 is 9.64 Å². The van der Waals surface area contributed by atoms with Crippen molar-refractivity contribution in [3.8, 4) is 39.1 Å². The van der Waals surface area contributed by atoms with E-state index in [4.69, 9.17) is 4.74 Å². The summed E-state index contributed by atoms with van der Waals surface area (Å²) in [6, 6.07) is 79.3. The Morgan fingerprint density at radius 2 is 0.971 bits per heavy atom. The number of benzene rings is 9. The van der Waals surface area contributed by atoms with Crippen molar-refractivity contribution in [2.45, 2.75) is 78.2 Å². The smallest absolute Gasteiger partial charge is 0.119 e. The fraction of sp³-hybridized carbons (Fsp3) is 0.206. The minimum atomic E-state index is -0.600. The number of aryl methyl sites for hydroxylation is 1. The van der Waals surface area contributed by atoms with Gasteiger partial charge in [0.1, 0.15) is 12.4 Å². The number of anilines is 3. The molecule has 0 saturated carbocycles. The Balaban J connectivity index is 1.02. The molecule has 11 rings (SSSR count). The summed E-state index contributed by atoms with van der Waals surface area (Å²) in [5.74, 6) is 2.69. The molecule has 0 fully saturated rings.